The maximum absolute atomic E-state index is 13.4. The molecule has 0 atom stereocenters. The Balaban J connectivity index is 1.60. The number of aryl methyl sites for hydroxylation is 1. The van der Waals surface area contributed by atoms with Crippen molar-refractivity contribution in [2.75, 3.05) is 25.7 Å². The highest BCUT2D eigenvalue weighted by molar-refractivity contribution is 5.79. The molecule has 0 spiro atoms. The number of benzene rings is 2. The number of hydrogen-bond acceptors (Lipinski definition) is 6. The molecule has 0 saturated heterocycles. The highest BCUT2D eigenvalue weighted by Crippen LogP contribution is 2.39. The lowest BCUT2D eigenvalue weighted by molar-refractivity contribution is 0.403. The van der Waals surface area contributed by atoms with Crippen LogP contribution in [0.2, 0.25) is 0 Å². The smallest absolute Gasteiger partial charge is 0.332 e. The van der Waals surface area contributed by atoms with Gasteiger partial charge in [-0.15, -0.1) is 0 Å². The van der Waals surface area contributed by atoms with Crippen molar-refractivity contribution < 1.29 is 9.47 Å². The van der Waals surface area contributed by atoms with Crippen LogP contribution in [-0.2, 0) is 20.1 Å². The molecule has 0 fully saturated rings. The van der Waals surface area contributed by atoms with E-state index in [1.165, 1.54) is 9.13 Å². The van der Waals surface area contributed by atoms with E-state index in [0.29, 0.717) is 41.7 Å². The first-order chi connectivity index (χ1) is 16.5. The number of rotatable bonds is 6. The third kappa shape index (κ3) is 3.45. The lowest BCUT2D eigenvalue weighted by Crippen LogP contribution is -2.39. The van der Waals surface area contributed by atoms with Gasteiger partial charge in [0, 0.05) is 32.7 Å². The van der Waals surface area contributed by atoms with Crippen molar-refractivity contribution in [1.82, 2.24) is 18.7 Å². The second kappa shape index (κ2) is 8.58. The van der Waals surface area contributed by atoms with Crippen LogP contribution in [0.25, 0.3) is 17.2 Å². The van der Waals surface area contributed by atoms with E-state index in [0.717, 1.165) is 11.3 Å². The Bertz CT molecular complexity index is 1510. The van der Waals surface area contributed by atoms with E-state index in [1.54, 1.807) is 21.3 Å². The fraction of sp³-hybridized carbons (Fsp3) is 0.240. The maximum atomic E-state index is 13.4. The zero-order chi connectivity index (χ0) is 23.8. The van der Waals surface area contributed by atoms with Gasteiger partial charge in [-0.2, -0.15) is 4.98 Å². The van der Waals surface area contributed by atoms with E-state index in [1.807, 2.05) is 70.1 Å². The van der Waals surface area contributed by atoms with E-state index in [4.69, 9.17) is 14.5 Å². The predicted molar refractivity (Wildman–Crippen MR) is 131 cm³/mol. The van der Waals surface area contributed by atoms with Crippen LogP contribution in [0.5, 0.6) is 11.5 Å². The predicted octanol–water partition coefficient (Wildman–Crippen LogP) is 2.78. The number of fused-ring (bicyclic) bond motifs is 3. The molecule has 9 nitrogen and oxygen atoms in total. The first-order valence-corrected chi connectivity index (χ1v) is 10.9. The van der Waals surface area contributed by atoms with E-state index in [9.17, 15) is 9.59 Å². The third-order valence-corrected chi connectivity index (χ3v) is 6.08. The highest BCUT2D eigenvalue weighted by Gasteiger charge is 2.30. The van der Waals surface area contributed by atoms with Crippen LogP contribution in [0.1, 0.15) is 5.56 Å². The lowest BCUT2D eigenvalue weighted by atomic mass is 10.2. The van der Waals surface area contributed by atoms with E-state index in [-0.39, 0.29) is 12.1 Å². The molecule has 3 heterocycles. The summed E-state index contributed by atoms with van der Waals surface area (Å²) in [5.74, 6) is 1.94. The van der Waals surface area contributed by atoms with Gasteiger partial charge in [0.15, 0.2) is 11.2 Å². The van der Waals surface area contributed by atoms with Gasteiger partial charge in [0.25, 0.3) is 5.56 Å². The molecular formula is C25H25N5O4. The number of nitrogens with zero attached hydrogens (tertiary/aromatic N) is 5. The Morgan fingerprint density at radius 3 is 2.56 bits per heavy atom. The molecule has 174 valence electrons. The number of imidazole rings is 1. The summed E-state index contributed by atoms with van der Waals surface area (Å²) in [6.45, 7) is 1.34. The van der Waals surface area contributed by atoms with Gasteiger partial charge in [-0.3, -0.25) is 13.9 Å². The van der Waals surface area contributed by atoms with Crippen LogP contribution in [0.15, 0.2) is 64.2 Å². The van der Waals surface area contributed by atoms with E-state index >= 15 is 0 Å². The number of methoxy groups -OCH3 is 2. The number of anilines is 2. The standard InChI is InChI=1S/C25H25N5O4/c1-27-22-21(23(31)30(25(27)32)13-7-10-17-8-5-4-6-9-17)29-15-14-28(24(29)26-22)19-16-18(33-2)11-12-20(19)34-3/h4-12,16H,13-15H2,1-3H3/b10-7-. The molecule has 1 aliphatic heterocycles. The van der Waals surface area contributed by atoms with Gasteiger partial charge in [-0.25, -0.2) is 4.79 Å². The van der Waals surface area contributed by atoms with Crippen LogP contribution in [0.4, 0.5) is 11.6 Å². The zero-order valence-corrected chi connectivity index (χ0v) is 19.3. The minimum absolute atomic E-state index is 0.171. The molecular weight excluding hydrogens is 434 g/mol. The molecule has 1 aliphatic rings. The Morgan fingerprint density at radius 2 is 1.82 bits per heavy atom. The first kappa shape index (κ1) is 21.6. The van der Waals surface area contributed by atoms with Crippen LogP contribution in [0, 0.1) is 0 Å². The Labute approximate surface area is 195 Å². The molecule has 4 aromatic rings. The summed E-state index contributed by atoms with van der Waals surface area (Å²) in [6, 6.07) is 15.3. The van der Waals surface area contributed by atoms with Gasteiger partial charge in [0.05, 0.1) is 19.9 Å². The van der Waals surface area contributed by atoms with Crippen molar-refractivity contribution in [1.29, 1.82) is 0 Å². The summed E-state index contributed by atoms with van der Waals surface area (Å²) in [5.41, 5.74) is 1.80. The third-order valence-electron chi connectivity index (χ3n) is 6.08. The monoisotopic (exact) mass is 459 g/mol. The molecule has 0 amide bonds. The van der Waals surface area contributed by atoms with Gasteiger partial charge in [-0.1, -0.05) is 42.5 Å². The van der Waals surface area contributed by atoms with Crippen molar-refractivity contribution in [2.45, 2.75) is 13.1 Å². The summed E-state index contributed by atoms with van der Waals surface area (Å²) in [6.07, 6.45) is 3.71. The second-order valence-electron chi connectivity index (χ2n) is 8.00. The summed E-state index contributed by atoms with van der Waals surface area (Å²) in [4.78, 5) is 33.1. The second-order valence-corrected chi connectivity index (χ2v) is 8.00. The van der Waals surface area contributed by atoms with Crippen LogP contribution in [0.3, 0.4) is 0 Å². The summed E-state index contributed by atoms with van der Waals surface area (Å²) in [5, 5.41) is 0. The number of hydrogen-bond donors (Lipinski definition) is 0. The molecule has 5 rings (SSSR count). The molecule has 2 aromatic heterocycles. The minimum Gasteiger partial charge on any atom is -0.497 e. The highest BCUT2D eigenvalue weighted by atomic mass is 16.5. The molecule has 34 heavy (non-hydrogen) atoms. The quantitative estimate of drug-likeness (QED) is 0.441. The van der Waals surface area contributed by atoms with Crippen molar-refractivity contribution in [3.8, 4) is 11.5 Å². The summed E-state index contributed by atoms with van der Waals surface area (Å²) >= 11 is 0. The van der Waals surface area contributed by atoms with E-state index < -0.39 is 5.69 Å². The van der Waals surface area contributed by atoms with Gasteiger partial charge in [0.2, 0.25) is 5.95 Å². The van der Waals surface area contributed by atoms with E-state index in [2.05, 4.69) is 0 Å². The summed E-state index contributed by atoms with van der Waals surface area (Å²) < 4.78 is 15.5. The van der Waals surface area contributed by atoms with Crippen LogP contribution < -0.4 is 25.6 Å². The average Bonchev–Trinajstić information content (AvgIpc) is 3.44. The lowest BCUT2D eigenvalue weighted by Gasteiger charge is -2.19. The van der Waals surface area contributed by atoms with Crippen LogP contribution in [-0.4, -0.2) is 39.4 Å². The van der Waals surface area contributed by atoms with Crippen LogP contribution >= 0.6 is 0 Å². The molecule has 9 heteroatoms. The minimum atomic E-state index is -0.405. The molecule has 0 bridgehead atoms. The zero-order valence-electron chi connectivity index (χ0n) is 19.3. The van der Waals surface area contributed by atoms with Crippen molar-refractivity contribution >= 4 is 28.9 Å². The Morgan fingerprint density at radius 1 is 1.03 bits per heavy atom. The fourth-order valence-electron chi connectivity index (χ4n) is 4.33. The summed E-state index contributed by atoms with van der Waals surface area (Å²) in [7, 11) is 4.85. The van der Waals surface area contributed by atoms with Gasteiger partial charge < -0.3 is 18.9 Å². The Kier molecular flexibility index (Phi) is 5.45. The fourth-order valence-corrected chi connectivity index (χ4v) is 4.33. The Hall–Kier alpha value is -4.27. The van der Waals surface area contributed by atoms with Crippen molar-refractivity contribution in [3.63, 3.8) is 0 Å². The molecule has 0 aliphatic carbocycles. The number of allylic oxidation sites excluding steroid dienone is 1. The maximum Gasteiger partial charge on any atom is 0.332 e. The molecule has 0 radical (unpaired) electrons. The largest absolute Gasteiger partial charge is 0.497 e. The average molecular weight is 460 g/mol. The molecule has 0 N–H and O–H groups in total. The number of aromatic nitrogens is 4. The first-order valence-electron chi connectivity index (χ1n) is 10.9. The van der Waals surface area contributed by atoms with Crippen molar-refractivity contribution in [3.05, 3.63) is 81.0 Å². The SMILES string of the molecule is COc1ccc(OC)c(N2CCn3c2nc2c3c(=O)n(C/C=C\c3ccccc3)c(=O)n2C)c1. The number of ether oxygens (including phenoxy) is 2. The normalized spacial score (nSPS) is 13.1. The topological polar surface area (TPSA) is 83.5 Å². The molecule has 2 aromatic carbocycles. The molecule has 0 saturated carbocycles. The molecule has 0 unspecified atom stereocenters. The van der Waals surface area contributed by atoms with Gasteiger partial charge in [-0.05, 0) is 17.7 Å². The van der Waals surface area contributed by atoms with Gasteiger partial charge >= 0.3 is 5.69 Å². The van der Waals surface area contributed by atoms with Crippen molar-refractivity contribution in [2.24, 2.45) is 7.05 Å². The van der Waals surface area contributed by atoms with Gasteiger partial charge in [0.1, 0.15) is 11.5 Å².